The van der Waals surface area contributed by atoms with Crippen LogP contribution in [0.25, 0.3) is 0 Å². The number of aromatic nitrogens is 2. The maximum atomic E-state index is 10.3. The Morgan fingerprint density at radius 1 is 1.33 bits per heavy atom. The minimum Gasteiger partial charge on any atom is -0.392 e. The van der Waals surface area contributed by atoms with Crippen molar-refractivity contribution in [2.24, 2.45) is 0 Å². The number of rotatable bonds is 6. The Hall–Kier alpha value is -1.72. The van der Waals surface area contributed by atoms with Gasteiger partial charge in [-0.1, -0.05) is 42.8 Å². The van der Waals surface area contributed by atoms with Crippen molar-refractivity contribution >= 4 is 0 Å². The van der Waals surface area contributed by atoms with Gasteiger partial charge in [0.15, 0.2) is 5.82 Å². The summed E-state index contributed by atoms with van der Waals surface area (Å²) in [6.45, 7) is 5.74. The van der Waals surface area contributed by atoms with Gasteiger partial charge in [-0.3, -0.25) is 4.90 Å². The maximum Gasteiger partial charge on any atom is 0.240 e. The zero-order valence-corrected chi connectivity index (χ0v) is 14.6. The van der Waals surface area contributed by atoms with Gasteiger partial charge >= 0.3 is 0 Å². The van der Waals surface area contributed by atoms with Crippen molar-refractivity contribution in [3.63, 3.8) is 0 Å². The van der Waals surface area contributed by atoms with Gasteiger partial charge in [0.1, 0.15) is 0 Å². The third-order valence-electron chi connectivity index (χ3n) is 4.98. The highest BCUT2D eigenvalue weighted by molar-refractivity contribution is 5.27. The molecule has 0 amide bonds. The molecule has 1 aromatic heterocycles. The molecule has 5 nitrogen and oxygen atoms in total. The Labute approximate surface area is 143 Å². The molecule has 1 aromatic carbocycles. The summed E-state index contributed by atoms with van der Waals surface area (Å²) in [6, 6.07) is 8.48. The van der Waals surface area contributed by atoms with E-state index in [1.54, 1.807) is 0 Å². The lowest BCUT2D eigenvalue weighted by Gasteiger charge is -2.37. The molecule has 1 N–H and O–H groups in total. The zero-order chi connectivity index (χ0) is 16.9. The second-order valence-corrected chi connectivity index (χ2v) is 6.72. The lowest BCUT2D eigenvalue weighted by molar-refractivity contribution is 0.0145. The molecule has 2 atom stereocenters. The summed E-state index contributed by atoms with van der Waals surface area (Å²) in [5.74, 6) is 1.37. The summed E-state index contributed by atoms with van der Waals surface area (Å²) in [7, 11) is 0. The van der Waals surface area contributed by atoms with E-state index in [1.807, 2.05) is 19.1 Å². The fourth-order valence-electron chi connectivity index (χ4n) is 3.50. The van der Waals surface area contributed by atoms with Crippen LogP contribution in [0.4, 0.5) is 0 Å². The molecule has 2 unspecified atom stereocenters. The number of aryl methyl sites for hydroxylation is 1. The third kappa shape index (κ3) is 4.02. The molecule has 1 fully saturated rings. The third-order valence-corrected chi connectivity index (χ3v) is 4.98. The summed E-state index contributed by atoms with van der Waals surface area (Å²) in [4.78, 5) is 6.85. The molecule has 1 aliphatic rings. The maximum absolute atomic E-state index is 10.3. The van der Waals surface area contributed by atoms with Crippen LogP contribution in [0.5, 0.6) is 0 Å². The first-order valence-corrected chi connectivity index (χ1v) is 8.95. The Bertz CT molecular complexity index is 656. The Morgan fingerprint density at radius 2 is 2.17 bits per heavy atom. The fourth-order valence-corrected chi connectivity index (χ4v) is 3.50. The predicted molar refractivity (Wildman–Crippen MR) is 92.6 cm³/mol. The summed E-state index contributed by atoms with van der Waals surface area (Å²) in [6.07, 6.45) is 4.58. The zero-order valence-electron chi connectivity index (χ0n) is 14.6. The largest absolute Gasteiger partial charge is 0.392 e. The number of nitrogens with zero attached hydrogens (tertiary/aromatic N) is 3. The lowest BCUT2D eigenvalue weighted by atomic mass is 9.96. The van der Waals surface area contributed by atoms with Gasteiger partial charge in [-0.25, -0.2) is 0 Å². The second-order valence-electron chi connectivity index (χ2n) is 6.72. The van der Waals surface area contributed by atoms with Gasteiger partial charge in [0.2, 0.25) is 5.89 Å². The Kier molecular flexibility index (Phi) is 5.63. The van der Waals surface area contributed by atoms with E-state index in [4.69, 9.17) is 4.52 Å². The van der Waals surface area contributed by atoms with Gasteiger partial charge in [0.25, 0.3) is 0 Å². The first-order valence-electron chi connectivity index (χ1n) is 8.95. The number of aliphatic hydroxyl groups excluding tert-OH is 1. The molecule has 130 valence electrons. The molecule has 3 rings (SSSR count). The molecule has 5 heteroatoms. The van der Waals surface area contributed by atoms with Crippen LogP contribution in [0.1, 0.15) is 55.4 Å². The summed E-state index contributed by atoms with van der Waals surface area (Å²) < 4.78 is 5.46. The van der Waals surface area contributed by atoms with E-state index in [2.05, 4.69) is 34.1 Å². The normalized spacial score (nSPS) is 20.2. The summed E-state index contributed by atoms with van der Waals surface area (Å²) >= 11 is 0. The van der Waals surface area contributed by atoms with Gasteiger partial charge in [-0.2, -0.15) is 4.98 Å². The number of benzene rings is 1. The fraction of sp³-hybridized carbons (Fsp3) is 0.579. The van der Waals surface area contributed by atoms with Crippen molar-refractivity contribution in [2.75, 3.05) is 6.54 Å². The number of likely N-dealkylation sites (tertiary alicyclic amines) is 1. The quantitative estimate of drug-likeness (QED) is 0.882. The van der Waals surface area contributed by atoms with Crippen LogP contribution in [0.15, 0.2) is 28.8 Å². The molecule has 2 aromatic rings. The molecule has 1 saturated heterocycles. The number of aliphatic hydroxyl groups is 1. The standard InChI is InChI=1S/C19H27N3O2/c1-3-17(23)16-10-6-7-11-22(16)13-19-20-18(21-24-19)12-15-9-5-4-8-14(15)2/h4-5,8-9,16-17,23H,3,6-7,10-13H2,1-2H3. The van der Waals surface area contributed by atoms with E-state index in [0.717, 1.165) is 31.6 Å². The van der Waals surface area contributed by atoms with Gasteiger partial charge in [-0.15, -0.1) is 0 Å². The first-order chi connectivity index (χ1) is 11.7. The van der Waals surface area contributed by atoms with E-state index in [0.29, 0.717) is 18.9 Å². The molecular formula is C19H27N3O2. The van der Waals surface area contributed by atoms with Gasteiger partial charge < -0.3 is 9.63 Å². The lowest BCUT2D eigenvalue weighted by Crippen LogP contribution is -2.46. The molecule has 2 heterocycles. The van der Waals surface area contributed by atoms with E-state index in [-0.39, 0.29) is 12.1 Å². The van der Waals surface area contributed by atoms with Crippen LogP contribution >= 0.6 is 0 Å². The van der Waals surface area contributed by atoms with Crippen LogP contribution in [0.2, 0.25) is 0 Å². The second kappa shape index (κ2) is 7.90. The molecule has 0 bridgehead atoms. The smallest absolute Gasteiger partial charge is 0.240 e. The van der Waals surface area contributed by atoms with E-state index < -0.39 is 0 Å². The number of hydrogen-bond donors (Lipinski definition) is 1. The van der Waals surface area contributed by atoms with E-state index in [9.17, 15) is 5.11 Å². The number of hydrogen-bond acceptors (Lipinski definition) is 5. The van der Waals surface area contributed by atoms with Crippen molar-refractivity contribution in [3.8, 4) is 0 Å². The minimum absolute atomic E-state index is 0.204. The average Bonchev–Trinajstić information content (AvgIpc) is 3.04. The predicted octanol–water partition coefficient (Wildman–Crippen LogP) is 3.09. The molecule has 0 radical (unpaired) electrons. The monoisotopic (exact) mass is 329 g/mol. The molecule has 0 saturated carbocycles. The molecule has 24 heavy (non-hydrogen) atoms. The molecule has 1 aliphatic heterocycles. The SMILES string of the molecule is CCC(O)C1CCCCN1Cc1nc(Cc2ccccc2C)no1. The van der Waals surface area contributed by atoms with Crippen LogP contribution in [-0.4, -0.2) is 38.8 Å². The number of piperidine rings is 1. The highest BCUT2D eigenvalue weighted by Crippen LogP contribution is 2.23. The summed E-state index contributed by atoms with van der Waals surface area (Å²) in [5, 5.41) is 14.4. The van der Waals surface area contributed by atoms with Crippen molar-refractivity contribution in [3.05, 3.63) is 47.1 Å². The Morgan fingerprint density at radius 3 is 2.96 bits per heavy atom. The van der Waals surface area contributed by atoms with Gasteiger partial charge in [0.05, 0.1) is 12.6 Å². The van der Waals surface area contributed by atoms with Crippen molar-refractivity contribution in [1.29, 1.82) is 0 Å². The Balaban J connectivity index is 1.66. The average molecular weight is 329 g/mol. The minimum atomic E-state index is -0.278. The van der Waals surface area contributed by atoms with Crippen LogP contribution in [0, 0.1) is 6.92 Å². The highest BCUT2D eigenvalue weighted by atomic mass is 16.5. The van der Waals surface area contributed by atoms with Gasteiger partial charge in [0, 0.05) is 12.5 Å². The van der Waals surface area contributed by atoms with Gasteiger partial charge in [-0.05, 0) is 43.9 Å². The topological polar surface area (TPSA) is 62.4 Å². The van der Waals surface area contributed by atoms with Crippen LogP contribution < -0.4 is 0 Å². The van der Waals surface area contributed by atoms with E-state index in [1.165, 1.54) is 17.5 Å². The van der Waals surface area contributed by atoms with E-state index >= 15 is 0 Å². The van der Waals surface area contributed by atoms with Crippen molar-refractivity contribution in [2.45, 2.75) is 64.6 Å². The molecule has 0 aliphatic carbocycles. The summed E-state index contributed by atoms with van der Waals surface area (Å²) in [5.41, 5.74) is 2.47. The first kappa shape index (κ1) is 17.1. The van der Waals surface area contributed by atoms with Crippen molar-refractivity contribution in [1.82, 2.24) is 15.0 Å². The van der Waals surface area contributed by atoms with Crippen molar-refractivity contribution < 1.29 is 9.63 Å². The van der Waals surface area contributed by atoms with Crippen LogP contribution in [-0.2, 0) is 13.0 Å². The van der Waals surface area contributed by atoms with Crippen LogP contribution in [0.3, 0.4) is 0 Å². The molecular weight excluding hydrogens is 302 g/mol. The molecule has 0 spiro atoms. The highest BCUT2D eigenvalue weighted by Gasteiger charge is 2.29.